The molecule has 10 aromatic rings. The number of nitrogens with zero attached hydrogens (tertiary/aromatic N) is 4. The van der Waals surface area contributed by atoms with Gasteiger partial charge in [-0.25, -0.2) is 0 Å². The molecule has 0 saturated carbocycles. The molecular formula is C82H82B2N6Se. The van der Waals surface area contributed by atoms with Gasteiger partial charge in [-0.3, -0.25) is 0 Å². The zero-order valence-corrected chi connectivity index (χ0v) is 58.1. The van der Waals surface area contributed by atoms with Crippen LogP contribution in [0.4, 0.5) is 91.0 Å². The zero-order valence-electron chi connectivity index (χ0n) is 56.4. The molecule has 7 aliphatic rings. The molecule has 6 nitrogen and oxygen atoms in total. The summed E-state index contributed by atoms with van der Waals surface area (Å²) in [5.41, 5.74) is 38.0. The van der Waals surface area contributed by atoms with Gasteiger partial charge in [0.05, 0.1) is 0 Å². The Kier molecular flexibility index (Phi) is 11.5. The van der Waals surface area contributed by atoms with Crippen LogP contribution in [0.2, 0.25) is 0 Å². The molecule has 8 heterocycles. The molecule has 0 amide bonds. The predicted molar refractivity (Wildman–Crippen MR) is 395 cm³/mol. The van der Waals surface area contributed by atoms with Gasteiger partial charge in [-0.15, -0.1) is 0 Å². The van der Waals surface area contributed by atoms with Crippen LogP contribution in [0.15, 0.2) is 158 Å². The minimum absolute atomic E-state index is 0.0760. The summed E-state index contributed by atoms with van der Waals surface area (Å²) < 4.78 is 2.80. The van der Waals surface area contributed by atoms with Crippen molar-refractivity contribution in [3.05, 3.63) is 191 Å². The second-order valence-corrected chi connectivity index (χ2v) is 35.4. The molecule has 452 valence electrons. The Labute approximate surface area is 546 Å². The summed E-state index contributed by atoms with van der Waals surface area (Å²) in [6, 6.07) is 62.9. The van der Waals surface area contributed by atoms with E-state index >= 15 is 0 Å². The Morgan fingerprint density at radius 3 is 1.12 bits per heavy atom. The number of rotatable bonds is 2. The third-order valence-electron chi connectivity index (χ3n) is 21.0. The van der Waals surface area contributed by atoms with Gasteiger partial charge < -0.3 is 0 Å². The van der Waals surface area contributed by atoms with Crippen LogP contribution in [0, 0.1) is 0 Å². The average molecular weight is 1250 g/mol. The van der Waals surface area contributed by atoms with Crippen molar-refractivity contribution in [1.82, 2.24) is 0 Å². The van der Waals surface area contributed by atoms with Crippen LogP contribution in [-0.2, 0) is 32.5 Å². The molecule has 0 atom stereocenters. The van der Waals surface area contributed by atoms with Gasteiger partial charge in [0.2, 0.25) is 0 Å². The van der Waals surface area contributed by atoms with Crippen LogP contribution < -0.4 is 63.0 Å². The number of nitrogens with one attached hydrogen (secondary N) is 2. The number of hydrogen-bond donors (Lipinski definition) is 2. The monoisotopic (exact) mass is 1250 g/mol. The van der Waals surface area contributed by atoms with Crippen molar-refractivity contribution in [2.24, 2.45) is 0 Å². The quantitative estimate of drug-likeness (QED) is 0.168. The molecule has 9 heteroatoms. The molecule has 7 aliphatic heterocycles. The van der Waals surface area contributed by atoms with Gasteiger partial charge in [0.15, 0.2) is 0 Å². The number of benzene rings is 9. The summed E-state index contributed by atoms with van der Waals surface area (Å²) in [5.74, 6) is 0. The van der Waals surface area contributed by atoms with Crippen LogP contribution in [0.1, 0.15) is 158 Å². The normalized spacial score (nSPS) is 15.2. The summed E-state index contributed by atoms with van der Waals surface area (Å²) in [6.07, 6.45) is 0. The van der Waals surface area contributed by atoms with Crippen LogP contribution >= 0.6 is 0 Å². The van der Waals surface area contributed by atoms with Gasteiger partial charge in [0.1, 0.15) is 0 Å². The van der Waals surface area contributed by atoms with Gasteiger partial charge in [-0.1, -0.05) is 0 Å². The third-order valence-corrected chi connectivity index (χ3v) is 23.7. The van der Waals surface area contributed by atoms with Gasteiger partial charge in [-0.2, -0.15) is 0 Å². The molecule has 0 bridgehead atoms. The van der Waals surface area contributed by atoms with Crippen molar-refractivity contribution in [3.8, 4) is 20.0 Å². The number of hydrogen-bond acceptors (Lipinski definition) is 6. The molecule has 9 aromatic carbocycles. The molecule has 2 N–H and O–H groups in total. The molecule has 0 aliphatic carbocycles. The molecule has 91 heavy (non-hydrogen) atoms. The fourth-order valence-electron chi connectivity index (χ4n) is 16.3. The van der Waals surface area contributed by atoms with E-state index in [1.54, 1.807) is 0 Å². The Hall–Kier alpha value is -8.09. The number of fused-ring (bicyclic) bond motifs is 17. The maximum absolute atomic E-state index is 4.24. The zero-order chi connectivity index (χ0) is 63.4. The van der Waals surface area contributed by atoms with E-state index in [0.717, 1.165) is 11.4 Å². The summed E-state index contributed by atoms with van der Waals surface area (Å²) in [4.78, 5) is 11.0. The summed E-state index contributed by atoms with van der Waals surface area (Å²) in [6.45, 7) is 42.6. The van der Waals surface area contributed by atoms with Crippen LogP contribution in [0.5, 0.6) is 0 Å². The number of anilines is 16. The summed E-state index contributed by atoms with van der Waals surface area (Å²) in [5, 5.41) is 8.47. The Bertz CT molecular complexity index is 4860. The Morgan fingerprint density at radius 1 is 0.297 bits per heavy atom. The van der Waals surface area contributed by atoms with Crippen molar-refractivity contribution in [3.63, 3.8) is 0 Å². The van der Waals surface area contributed by atoms with Gasteiger partial charge in [0.25, 0.3) is 0 Å². The molecular weight excluding hydrogens is 1170 g/mol. The topological polar surface area (TPSA) is 37.0 Å². The molecule has 17 rings (SSSR count). The van der Waals surface area contributed by atoms with E-state index in [-0.39, 0.29) is 60.4 Å². The van der Waals surface area contributed by atoms with Crippen LogP contribution in [0.25, 0.3) is 20.0 Å². The Balaban J connectivity index is 1.02. The molecule has 0 unspecified atom stereocenters. The molecule has 0 radical (unpaired) electrons. The second-order valence-electron chi connectivity index (χ2n) is 33.3. The first-order valence-corrected chi connectivity index (χ1v) is 34.9. The van der Waals surface area contributed by atoms with Crippen molar-refractivity contribution in [2.45, 2.75) is 157 Å². The van der Waals surface area contributed by atoms with Crippen LogP contribution in [-0.4, -0.2) is 27.9 Å². The van der Waals surface area contributed by atoms with Crippen molar-refractivity contribution in [1.29, 1.82) is 0 Å². The molecule has 1 aromatic heterocycles. The van der Waals surface area contributed by atoms with Crippen molar-refractivity contribution < 1.29 is 0 Å². The molecule has 0 fully saturated rings. The average Bonchev–Trinajstić information content (AvgIpc) is 1.58. The van der Waals surface area contributed by atoms with E-state index in [4.69, 9.17) is 0 Å². The second kappa shape index (κ2) is 18.4. The predicted octanol–water partition coefficient (Wildman–Crippen LogP) is 18.5. The molecule has 0 spiro atoms. The van der Waals surface area contributed by atoms with Crippen molar-refractivity contribution >= 4 is 152 Å². The van der Waals surface area contributed by atoms with E-state index in [0.29, 0.717) is 0 Å². The first-order chi connectivity index (χ1) is 43.0. The fourth-order valence-corrected chi connectivity index (χ4v) is 19.0. The van der Waals surface area contributed by atoms with E-state index in [9.17, 15) is 0 Å². The Morgan fingerprint density at radius 2 is 0.681 bits per heavy atom. The first-order valence-electron chi connectivity index (χ1n) is 33.2. The van der Waals surface area contributed by atoms with Gasteiger partial charge in [0, 0.05) is 0 Å². The summed E-state index contributed by atoms with van der Waals surface area (Å²) >= 11 is -0.108. The van der Waals surface area contributed by atoms with Gasteiger partial charge >= 0.3 is 550 Å². The van der Waals surface area contributed by atoms with E-state index < -0.39 is 0 Å². The third kappa shape index (κ3) is 7.92. The summed E-state index contributed by atoms with van der Waals surface area (Å²) in [7, 11) is 0. The maximum atomic E-state index is 4.24. The van der Waals surface area contributed by atoms with Crippen LogP contribution in [0.3, 0.4) is 0 Å². The fraction of sp³-hybridized carbons (Fsp3) is 0.293. The minimum atomic E-state index is -0.129. The first kappa shape index (κ1) is 56.9. The molecule has 0 saturated heterocycles. The van der Waals surface area contributed by atoms with E-state index in [1.807, 2.05) is 0 Å². The van der Waals surface area contributed by atoms with Crippen molar-refractivity contribution in [2.75, 3.05) is 30.2 Å². The van der Waals surface area contributed by atoms with E-state index in [2.05, 4.69) is 313 Å². The van der Waals surface area contributed by atoms with E-state index in [1.165, 1.54) is 166 Å². The standard InChI is InChI=1S/C82H82B2N6Se/c1-77(2,3)47-30-36-59-56(41-47)84-55-33-32-54-69-70(55)90(61-38-34-57-71(66(61)84)87(59)63-43-49(79(7,8)9)39-51(67(63)85-57)81(13,14)15)74-73(75(45-25-21-19-22-26-45)91-76(74)46-27-23-20-24-28-46)89(69)60-37-35-58-72-65(60)83(54)53-31-29-48(78(4,5)6)42-62(53)88(72)64-44-50(80(10,11)12)40-52(68(64)86-58)82(16,17)18/h19-44,85-86H,1-18H3. The van der Waals surface area contributed by atoms with Gasteiger partial charge in [-0.05, 0) is 0 Å². The SMILES string of the molecule is CC(C)(C)c1ccc2c(c1)B1c3ccc4c5c3N(c3ccc6c(c31)N2c1cc(C(C)(C)C)cc(C(C)(C)C)c1N6)c1c(-c2ccccc2)[se]c(-c2ccccc2)c1N5c1ccc2c3c1B4c1ccc(C(C)(C)C)cc1N3c1cc(C(C)(C)C)cc(C(C)(C)C)c1N2.